The Bertz CT molecular complexity index is 543. The Hall–Kier alpha value is -1.43. The van der Waals surface area contributed by atoms with Crippen molar-refractivity contribution in [3.8, 4) is 5.75 Å². The van der Waals surface area contributed by atoms with Crippen LogP contribution in [0.3, 0.4) is 0 Å². The molecule has 1 atom stereocenters. The summed E-state index contributed by atoms with van der Waals surface area (Å²) in [4.78, 5) is 0. The summed E-state index contributed by atoms with van der Waals surface area (Å²) in [7, 11) is -2.91. The van der Waals surface area contributed by atoms with Crippen LogP contribution in [0, 0.1) is 0 Å². The van der Waals surface area contributed by atoms with Crippen molar-refractivity contribution in [1.29, 1.82) is 0 Å². The second-order valence-corrected chi connectivity index (χ2v) is 7.05. The second-order valence-electron chi connectivity index (χ2n) is 4.82. The number of hydrogen-bond acceptors (Lipinski definition) is 5. The van der Waals surface area contributed by atoms with E-state index in [4.69, 9.17) is 10.5 Å². The molecule has 106 valence electrons. The zero-order chi connectivity index (χ0) is 13.9. The first-order chi connectivity index (χ1) is 8.98. The van der Waals surface area contributed by atoms with Crippen LogP contribution in [-0.4, -0.2) is 32.6 Å². The number of nitrogen functional groups attached to an aromatic ring is 1. The average Bonchev–Trinajstić information content (AvgIpc) is 2.26. The van der Waals surface area contributed by atoms with Gasteiger partial charge in [0.1, 0.15) is 5.75 Å². The first kappa shape index (κ1) is 14.0. The fraction of sp³-hybridized carbons (Fsp3) is 0.538. The highest BCUT2D eigenvalue weighted by molar-refractivity contribution is 7.91. The largest absolute Gasteiger partial charge is 0.494 e. The van der Waals surface area contributed by atoms with Gasteiger partial charge in [0.15, 0.2) is 9.84 Å². The molecule has 0 radical (unpaired) electrons. The van der Waals surface area contributed by atoms with Crippen molar-refractivity contribution in [2.24, 2.45) is 0 Å². The third-order valence-electron chi connectivity index (χ3n) is 3.07. The summed E-state index contributed by atoms with van der Waals surface area (Å²) in [5, 5.41) is 3.24. The Morgan fingerprint density at radius 1 is 1.42 bits per heavy atom. The zero-order valence-electron chi connectivity index (χ0n) is 11.1. The summed E-state index contributed by atoms with van der Waals surface area (Å²) in [5.74, 6) is 1.18. The summed E-state index contributed by atoms with van der Waals surface area (Å²) in [6, 6.07) is 5.35. The molecule has 1 saturated heterocycles. The lowest BCUT2D eigenvalue weighted by atomic mass is 10.1. The maximum atomic E-state index is 11.6. The molecule has 0 saturated carbocycles. The molecule has 0 spiro atoms. The van der Waals surface area contributed by atoms with Gasteiger partial charge in [-0.15, -0.1) is 0 Å². The molecule has 2 rings (SSSR count). The highest BCUT2D eigenvalue weighted by atomic mass is 32.2. The molecule has 6 heteroatoms. The molecule has 1 aromatic rings. The minimum absolute atomic E-state index is 0.0463. The predicted octanol–water partition coefficient (Wildman–Crippen LogP) is 1.66. The molecular weight excluding hydrogens is 264 g/mol. The van der Waals surface area contributed by atoms with E-state index in [-0.39, 0.29) is 11.8 Å². The molecule has 0 amide bonds. The number of sulfone groups is 1. The van der Waals surface area contributed by atoms with E-state index in [1.807, 2.05) is 13.0 Å². The topological polar surface area (TPSA) is 81.4 Å². The number of nitrogens with one attached hydrogen (secondary N) is 1. The van der Waals surface area contributed by atoms with E-state index in [9.17, 15) is 8.42 Å². The van der Waals surface area contributed by atoms with E-state index in [2.05, 4.69) is 5.32 Å². The summed E-state index contributed by atoms with van der Waals surface area (Å²) >= 11 is 0. The molecule has 3 N–H and O–H groups in total. The monoisotopic (exact) mass is 284 g/mol. The zero-order valence-corrected chi connectivity index (χ0v) is 11.9. The van der Waals surface area contributed by atoms with Crippen LogP contribution < -0.4 is 15.8 Å². The Labute approximate surface area is 114 Å². The van der Waals surface area contributed by atoms with Crippen LogP contribution in [0.1, 0.15) is 19.8 Å². The number of nitrogens with two attached hydrogens (primary N) is 1. The fourth-order valence-corrected chi connectivity index (χ4v) is 3.96. The van der Waals surface area contributed by atoms with Crippen LogP contribution in [0.15, 0.2) is 18.2 Å². The second kappa shape index (κ2) is 5.69. The van der Waals surface area contributed by atoms with Gasteiger partial charge < -0.3 is 15.8 Å². The normalized spacial score (nSPS) is 21.8. The van der Waals surface area contributed by atoms with Gasteiger partial charge >= 0.3 is 0 Å². The van der Waals surface area contributed by atoms with Gasteiger partial charge in [0.2, 0.25) is 0 Å². The van der Waals surface area contributed by atoms with Gasteiger partial charge in [-0.3, -0.25) is 0 Å². The van der Waals surface area contributed by atoms with Gasteiger partial charge in [0.05, 0.1) is 18.1 Å². The SMILES string of the molecule is CCOc1cc(N)cc(NC2CCCS(=O)(=O)C2)c1. The minimum atomic E-state index is -2.91. The van der Waals surface area contributed by atoms with Crippen LogP contribution >= 0.6 is 0 Å². The molecule has 1 aliphatic heterocycles. The van der Waals surface area contributed by atoms with E-state index in [0.29, 0.717) is 30.2 Å². The summed E-state index contributed by atoms with van der Waals surface area (Å²) < 4.78 is 28.6. The van der Waals surface area contributed by atoms with E-state index < -0.39 is 9.84 Å². The van der Waals surface area contributed by atoms with Crippen molar-refractivity contribution in [3.05, 3.63) is 18.2 Å². The number of hydrogen-bond donors (Lipinski definition) is 2. The van der Waals surface area contributed by atoms with Gasteiger partial charge in [-0.1, -0.05) is 0 Å². The van der Waals surface area contributed by atoms with E-state index >= 15 is 0 Å². The molecule has 0 aliphatic carbocycles. The summed E-state index contributed by atoms with van der Waals surface area (Å²) in [6.07, 6.45) is 1.57. The third kappa shape index (κ3) is 4.02. The van der Waals surface area contributed by atoms with Crippen molar-refractivity contribution in [1.82, 2.24) is 0 Å². The van der Waals surface area contributed by atoms with Crippen LogP contribution in [0.5, 0.6) is 5.75 Å². The fourth-order valence-electron chi connectivity index (χ4n) is 2.33. The van der Waals surface area contributed by atoms with Crippen molar-refractivity contribution < 1.29 is 13.2 Å². The van der Waals surface area contributed by atoms with Gasteiger partial charge in [0, 0.05) is 29.5 Å². The number of rotatable bonds is 4. The minimum Gasteiger partial charge on any atom is -0.494 e. The highest BCUT2D eigenvalue weighted by Crippen LogP contribution is 2.25. The maximum Gasteiger partial charge on any atom is 0.152 e. The maximum absolute atomic E-state index is 11.6. The summed E-state index contributed by atoms with van der Waals surface area (Å²) in [5.41, 5.74) is 7.22. The molecule has 5 nitrogen and oxygen atoms in total. The smallest absolute Gasteiger partial charge is 0.152 e. The number of anilines is 2. The summed E-state index contributed by atoms with van der Waals surface area (Å²) in [6.45, 7) is 2.48. The van der Waals surface area contributed by atoms with Gasteiger partial charge in [-0.05, 0) is 25.8 Å². The Kier molecular flexibility index (Phi) is 4.19. The van der Waals surface area contributed by atoms with Crippen LogP contribution in [0.25, 0.3) is 0 Å². The molecule has 1 aliphatic rings. The van der Waals surface area contributed by atoms with E-state index in [1.165, 1.54) is 0 Å². The average molecular weight is 284 g/mol. The molecule has 19 heavy (non-hydrogen) atoms. The molecule has 1 heterocycles. The molecule has 0 bridgehead atoms. The first-order valence-electron chi connectivity index (χ1n) is 6.49. The molecule has 1 fully saturated rings. The lowest BCUT2D eigenvalue weighted by Crippen LogP contribution is -2.34. The standard InChI is InChI=1S/C13H20N2O3S/c1-2-18-13-7-10(14)6-12(8-13)15-11-4-3-5-19(16,17)9-11/h6-8,11,15H,2-5,9,14H2,1H3. The van der Waals surface area contributed by atoms with Gasteiger partial charge in [-0.2, -0.15) is 0 Å². The Morgan fingerprint density at radius 3 is 2.89 bits per heavy atom. The number of ether oxygens (including phenoxy) is 1. The lowest BCUT2D eigenvalue weighted by molar-refractivity contribution is 0.340. The van der Waals surface area contributed by atoms with Crippen molar-refractivity contribution >= 4 is 21.2 Å². The Balaban J connectivity index is 2.10. The van der Waals surface area contributed by atoms with Crippen LogP contribution in [0.2, 0.25) is 0 Å². The number of benzene rings is 1. The highest BCUT2D eigenvalue weighted by Gasteiger charge is 2.24. The molecule has 1 unspecified atom stereocenters. The van der Waals surface area contributed by atoms with Crippen molar-refractivity contribution in [2.75, 3.05) is 29.2 Å². The predicted molar refractivity (Wildman–Crippen MR) is 77.3 cm³/mol. The van der Waals surface area contributed by atoms with Gasteiger partial charge in [0.25, 0.3) is 0 Å². The first-order valence-corrected chi connectivity index (χ1v) is 8.31. The quantitative estimate of drug-likeness (QED) is 0.822. The van der Waals surface area contributed by atoms with Crippen molar-refractivity contribution in [2.45, 2.75) is 25.8 Å². The van der Waals surface area contributed by atoms with E-state index in [0.717, 1.165) is 12.1 Å². The Morgan fingerprint density at radius 2 is 2.21 bits per heavy atom. The lowest BCUT2D eigenvalue weighted by Gasteiger charge is -2.24. The van der Waals surface area contributed by atoms with Crippen molar-refractivity contribution in [3.63, 3.8) is 0 Å². The van der Waals surface area contributed by atoms with Gasteiger partial charge in [-0.25, -0.2) is 8.42 Å². The van der Waals surface area contributed by atoms with Crippen LogP contribution in [-0.2, 0) is 9.84 Å². The van der Waals surface area contributed by atoms with E-state index in [1.54, 1.807) is 12.1 Å². The van der Waals surface area contributed by atoms with Crippen LogP contribution in [0.4, 0.5) is 11.4 Å². The molecular formula is C13H20N2O3S. The molecule has 1 aromatic carbocycles. The third-order valence-corrected chi connectivity index (χ3v) is 4.89. The molecule has 0 aromatic heterocycles.